The third kappa shape index (κ3) is 2.68. The molecule has 2 aromatic rings. The van der Waals surface area contributed by atoms with E-state index >= 15 is 0 Å². The summed E-state index contributed by atoms with van der Waals surface area (Å²) in [5.74, 6) is 1.31. The number of halogens is 2. The SMILES string of the molecule is Clc1ccc(-c2nc(N3CCOCC3)n[nH]2)c(Cl)c1. The molecular formula is C12H12Cl2N4O. The summed E-state index contributed by atoms with van der Waals surface area (Å²) in [6, 6.07) is 5.29. The average Bonchev–Trinajstić information content (AvgIpc) is 2.89. The summed E-state index contributed by atoms with van der Waals surface area (Å²) in [4.78, 5) is 6.55. The Morgan fingerprint density at radius 1 is 1.21 bits per heavy atom. The molecule has 100 valence electrons. The van der Waals surface area contributed by atoms with Gasteiger partial charge < -0.3 is 9.64 Å². The lowest BCUT2D eigenvalue weighted by Crippen LogP contribution is -2.36. The number of rotatable bonds is 2. The molecule has 2 heterocycles. The third-order valence-corrected chi connectivity index (χ3v) is 3.50. The van der Waals surface area contributed by atoms with Crippen LogP contribution in [-0.2, 0) is 4.74 Å². The number of hydrogen-bond donors (Lipinski definition) is 1. The van der Waals surface area contributed by atoms with Gasteiger partial charge in [0.05, 0.1) is 18.2 Å². The molecule has 0 unspecified atom stereocenters. The number of nitrogens with zero attached hydrogens (tertiary/aromatic N) is 3. The average molecular weight is 299 g/mol. The molecule has 1 saturated heterocycles. The Balaban J connectivity index is 1.87. The Labute approximate surface area is 120 Å². The molecule has 0 saturated carbocycles. The van der Waals surface area contributed by atoms with Crippen LogP contribution in [0.25, 0.3) is 11.4 Å². The van der Waals surface area contributed by atoms with E-state index < -0.39 is 0 Å². The van der Waals surface area contributed by atoms with Crippen molar-refractivity contribution >= 4 is 29.2 Å². The fourth-order valence-corrected chi connectivity index (χ4v) is 2.46. The molecule has 0 radical (unpaired) electrons. The van der Waals surface area contributed by atoms with Gasteiger partial charge in [-0.05, 0) is 18.2 Å². The van der Waals surface area contributed by atoms with Crippen LogP contribution in [0.15, 0.2) is 18.2 Å². The second-order valence-electron chi connectivity index (χ2n) is 4.21. The van der Waals surface area contributed by atoms with Gasteiger partial charge in [-0.1, -0.05) is 23.2 Å². The molecule has 7 heteroatoms. The zero-order chi connectivity index (χ0) is 13.2. The summed E-state index contributed by atoms with van der Waals surface area (Å²) in [7, 11) is 0. The highest BCUT2D eigenvalue weighted by Crippen LogP contribution is 2.28. The molecule has 1 fully saturated rings. The van der Waals surface area contributed by atoms with Crippen LogP contribution in [0.2, 0.25) is 10.0 Å². The van der Waals surface area contributed by atoms with Crippen LogP contribution in [-0.4, -0.2) is 41.5 Å². The lowest BCUT2D eigenvalue weighted by atomic mass is 10.2. The normalized spacial score (nSPS) is 15.8. The highest BCUT2D eigenvalue weighted by molar-refractivity contribution is 6.36. The second-order valence-corrected chi connectivity index (χ2v) is 5.05. The molecule has 0 bridgehead atoms. The summed E-state index contributed by atoms with van der Waals surface area (Å²) in [6.45, 7) is 2.99. The fraction of sp³-hybridized carbons (Fsp3) is 0.333. The van der Waals surface area contributed by atoms with E-state index in [9.17, 15) is 0 Å². The van der Waals surface area contributed by atoms with Crippen molar-refractivity contribution in [3.8, 4) is 11.4 Å². The van der Waals surface area contributed by atoms with Crippen molar-refractivity contribution in [1.82, 2.24) is 15.2 Å². The maximum absolute atomic E-state index is 6.15. The number of morpholine rings is 1. The van der Waals surface area contributed by atoms with Crippen LogP contribution in [0.5, 0.6) is 0 Å². The van der Waals surface area contributed by atoms with E-state index in [2.05, 4.69) is 20.1 Å². The van der Waals surface area contributed by atoms with Gasteiger partial charge in [-0.15, -0.1) is 5.10 Å². The maximum Gasteiger partial charge on any atom is 0.245 e. The van der Waals surface area contributed by atoms with Crippen LogP contribution < -0.4 is 4.90 Å². The first-order valence-electron chi connectivity index (χ1n) is 5.94. The Bertz CT molecular complexity index is 581. The monoisotopic (exact) mass is 298 g/mol. The number of aromatic nitrogens is 3. The van der Waals surface area contributed by atoms with Gasteiger partial charge in [0.25, 0.3) is 0 Å². The van der Waals surface area contributed by atoms with Crippen molar-refractivity contribution in [1.29, 1.82) is 0 Å². The zero-order valence-electron chi connectivity index (χ0n) is 10.1. The number of nitrogens with one attached hydrogen (secondary N) is 1. The van der Waals surface area contributed by atoms with E-state index in [1.54, 1.807) is 12.1 Å². The highest BCUT2D eigenvalue weighted by atomic mass is 35.5. The molecule has 1 N–H and O–H groups in total. The smallest absolute Gasteiger partial charge is 0.245 e. The summed E-state index contributed by atoms with van der Waals surface area (Å²) in [5, 5.41) is 8.28. The van der Waals surface area contributed by atoms with Gasteiger partial charge in [0.2, 0.25) is 5.95 Å². The lowest BCUT2D eigenvalue weighted by molar-refractivity contribution is 0.122. The second kappa shape index (κ2) is 5.36. The molecule has 1 aromatic heterocycles. The molecule has 1 aromatic carbocycles. The summed E-state index contributed by atoms with van der Waals surface area (Å²) in [5.41, 5.74) is 0.790. The Hall–Kier alpha value is -1.30. The molecule has 0 atom stereocenters. The van der Waals surface area contributed by atoms with Crippen LogP contribution >= 0.6 is 23.2 Å². The summed E-state index contributed by atoms with van der Waals surface area (Å²) < 4.78 is 5.30. The molecule has 3 rings (SSSR count). The van der Waals surface area contributed by atoms with Crippen molar-refractivity contribution in [2.75, 3.05) is 31.2 Å². The van der Waals surface area contributed by atoms with Gasteiger partial charge in [-0.2, -0.15) is 4.98 Å². The van der Waals surface area contributed by atoms with Gasteiger partial charge in [0.1, 0.15) is 0 Å². The summed E-state index contributed by atoms with van der Waals surface area (Å²) in [6.07, 6.45) is 0. The van der Waals surface area contributed by atoms with Crippen molar-refractivity contribution < 1.29 is 4.74 Å². The maximum atomic E-state index is 6.15. The van der Waals surface area contributed by atoms with Crippen molar-refractivity contribution in [2.24, 2.45) is 0 Å². The number of benzene rings is 1. The van der Waals surface area contributed by atoms with E-state index in [0.29, 0.717) is 35.0 Å². The van der Waals surface area contributed by atoms with E-state index in [0.717, 1.165) is 18.7 Å². The first-order valence-corrected chi connectivity index (χ1v) is 6.70. The third-order valence-electron chi connectivity index (χ3n) is 2.95. The van der Waals surface area contributed by atoms with E-state index in [4.69, 9.17) is 27.9 Å². The van der Waals surface area contributed by atoms with Gasteiger partial charge in [0, 0.05) is 23.7 Å². The molecule has 0 aliphatic carbocycles. The van der Waals surface area contributed by atoms with Crippen LogP contribution in [0, 0.1) is 0 Å². The standard InChI is InChI=1S/C12H12Cl2N4O/c13-8-1-2-9(10(14)7-8)11-15-12(17-16-11)18-3-5-19-6-4-18/h1-2,7H,3-6H2,(H,15,16,17). The minimum Gasteiger partial charge on any atom is -0.378 e. The fourth-order valence-electron chi connectivity index (χ4n) is 1.96. The van der Waals surface area contributed by atoms with Crippen LogP contribution in [0.4, 0.5) is 5.95 Å². The molecular weight excluding hydrogens is 287 g/mol. The minimum absolute atomic E-state index is 0.553. The molecule has 1 aliphatic rings. The predicted octanol–water partition coefficient (Wildman–Crippen LogP) is 2.62. The highest BCUT2D eigenvalue weighted by Gasteiger charge is 2.17. The Morgan fingerprint density at radius 2 is 2.00 bits per heavy atom. The molecule has 0 amide bonds. The van der Waals surface area contributed by atoms with E-state index in [1.807, 2.05) is 6.07 Å². The zero-order valence-corrected chi connectivity index (χ0v) is 11.6. The number of H-pyrrole nitrogens is 1. The van der Waals surface area contributed by atoms with Gasteiger partial charge in [-0.3, -0.25) is 5.10 Å². The molecule has 5 nitrogen and oxygen atoms in total. The van der Waals surface area contributed by atoms with Crippen molar-refractivity contribution in [3.63, 3.8) is 0 Å². The number of aromatic amines is 1. The summed E-state index contributed by atoms with van der Waals surface area (Å²) >= 11 is 12.0. The lowest BCUT2D eigenvalue weighted by Gasteiger charge is -2.25. The first kappa shape index (κ1) is 12.7. The molecule has 19 heavy (non-hydrogen) atoms. The van der Waals surface area contributed by atoms with Gasteiger partial charge in [0.15, 0.2) is 5.82 Å². The Kier molecular flexibility index (Phi) is 3.59. The quantitative estimate of drug-likeness (QED) is 0.926. The molecule has 0 spiro atoms. The molecule has 1 aliphatic heterocycles. The Morgan fingerprint density at radius 3 is 2.74 bits per heavy atom. The first-order chi connectivity index (χ1) is 9.24. The van der Waals surface area contributed by atoms with Gasteiger partial charge in [-0.25, -0.2) is 0 Å². The number of hydrogen-bond acceptors (Lipinski definition) is 4. The minimum atomic E-state index is 0.553. The van der Waals surface area contributed by atoms with Crippen LogP contribution in [0.3, 0.4) is 0 Å². The largest absolute Gasteiger partial charge is 0.378 e. The van der Waals surface area contributed by atoms with Crippen molar-refractivity contribution in [2.45, 2.75) is 0 Å². The number of ether oxygens (including phenoxy) is 1. The topological polar surface area (TPSA) is 54.0 Å². The van der Waals surface area contributed by atoms with Crippen molar-refractivity contribution in [3.05, 3.63) is 28.2 Å². The van der Waals surface area contributed by atoms with E-state index in [1.165, 1.54) is 0 Å². The predicted molar refractivity (Wildman–Crippen MR) is 74.9 cm³/mol. The van der Waals surface area contributed by atoms with E-state index in [-0.39, 0.29) is 0 Å². The van der Waals surface area contributed by atoms with Gasteiger partial charge >= 0.3 is 0 Å². The number of anilines is 1. The van der Waals surface area contributed by atoms with Crippen LogP contribution in [0.1, 0.15) is 0 Å².